The molecule has 0 spiro atoms. The molecule has 0 radical (unpaired) electrons. The molecule has 1 heterocycles. The van der Waals surface area contributed by atoms with E-state index in [0.29, 0.717) is 5.75 Å². The highest BCUT2D eigenvalue weighted by atomic mass is 16.3. The fraction of sp³-hybridized carbons (Fsp3) is 0.571. The van der Waals surface area contributed by atoms with Crippen molar-refractivity contribution in [1.29, 1.82) is 0 Å². The smallest absolute Gasteiger partial charge is 0.120 e. The van der Waals surface area contributed by atoms with E-state index in [2.05, 4.69) is 11.8 Å². The predicted molar refractivity (Wildman–Crippen MR) is 70.8 cm³/mol. The number of aromatic hydroxyl groups is 1. The third kappa shape index (κ3) is 3.13. The van der Waals surface area contributed by atoms with E-state index in [4.69, 9.17) is 5.73 Å². The van der Waals surface area contributed by atoms with Crippen LogP contribution in [0.3, 0.4) is 0 Å². The van der Waals surface area contributed by atoms with Gasteiger partial charge in [0, 0.05) is 24.3 Å². The van der Waals surface area contributed by atoms with E-state index in [1.54, 1.807) is 12.1 Å². The van der Waals surface area contributed by atoms with Crippen LogP contribution in [-0.2, 0) is 6.54 Å². The minimum absolute atomic E-state index is 0.359. The van der Waals surface area contributed by atoms with Crippen molar-refractivity contribution in [2.45, 2.75) is 32.7 Å². The zero-order chi connectivity index (χ0) is 12.3. The molecule has 1 aliphatic rings. The first-order valence-electron chi connectivity index (χ1n) is 6.48. The zero-order valence-electron chi connectivity index (χ0n) is 10.5. The molecule has 94 valence electrons. The molecule has 17 heavy (non-hydrogen) atoms. The topological polar surface area (TPSA) is 49.5 Å². The van der Waals surface area contributed by atoms with Crippen molar-refractivity contribution in [3.63, 3.8) is 0 Å². The van der Waals surface area contributed by atoms with Crippen molar-refractivity contribution in [3.8, 4) is 5.75 Å². The molecule has 0 aromatic heterocycles. The Bertz CT molecular complexity index is 378. The molecule has 1 aromatic rings. The summed E-state index contributed by atoms with van der Waals surface area (Å²) in [6.45, 7) is 5.35. The average molecular weight is 234 g/mol. The highest BCUT2D eigenvalue weighted by Gasteiger charge is 2.22. The normalized spacial score (nSPS) is 20.9. The van der Waals surface area contributed by atoms with Crippen LogP contribution >= 0.6 is 0 Å². The van der Waals surface area contributed by atoms with Crippen LogP contribution in [0.2, 0.25) is 0 Å². The van der Waals surface area contributed by atoms with Gasteiger partial charge in [-0.2, -0.15) is 0 Å². The maximum Gasteiger partial charge on any atom is 0.120 e. The molecule has 0 bridgehead atoms. The predicted octanol–water partition coefficient (Wildman–Crippen LogP) is 2.60. The molecule has 0 aliphatic carbocycles. The largest absolute Gasteiger partial charge is 0.508 e. The van der Waals surface area contributed by atoms with Crippen molar-refractivity contribution >= 4 is 5.69 Å². The number of likely N-dealkylation sites (tertiary alicyclic amines) is 1. The van der Waals surface area contributed by atoms with E-state index >= 15 is 0 Å². The highest BCUT2D eigenvalue weighted by molar-refractivity contribution is 5.47. The molecular formula is C14H22N2O. The second kappa shape index (κ2) is 5.41. The molecule has 1 aromatic carbocycles. The number of hydrogen-bond acceptors (Lipinski definition) is 3. The van der Waals surface area contributed by atoms with E-state index in [1.165, 1.54) is 19.3 Å². The highest BCUT2D eigenvalue weighted by Crippen LogP contribution is 2.26. The molecule has 3 heteroatoms. The van der Waals surface area contributed by atoms with Gasteiger partial charge in [-0.3, -0.25) is 4.90 Å². The van der Waals surface area contributed by atoms with Crippen LogP contribution < -0.4 is 5.73 Å². The molecule has 3 N–H and O–H groups in total. The zero-order valence-corrected chi connectivity index (χ0v) is 10.5. The van der Waals surface area contributed by atoms with Crippen molar-refractivity contribution < 1.29 is 5.11 Å². The van der Waals surface area contributed by atoms with Gasteiger partial charge in [0.15, 0.2) is 0 Å². The summed E-state index contributed by atoms with van der Waals surface area (Å²) in [5.74, 6) is 1.20. The van der Waals surface area contributed by atoms with E-state index in [9.17, 15) is 5.11 Å². The molecular weight excluding hydrogens is 212 g/mol. The first-order chi connectivity index (χ1) is 8.19. The maximum atomic E-state index is 9.78. The fourth-order valence-corrected chi connectivity index (χ4v) is 2.67. The van der Waals surface area contributed by atoms with Crippen molar-refractivity contribution in [2.75, 3.05) is 18.8 Å². The van der Waals surface area contributed by atoms with Crippen molar-refractivity contribution in [1.82, 2.24) is 4.90 Å². The SMILES string of the molecule is CCCC1CCN(Cc2cc(N)ccc2O)C1. The molecule has 1 atom stereocenters. The summed E-state index contributed by atoms with van der Waals surface area (Å²) in [6, 6.07) is 5.30. The Morgan fingerprint density at radius 1 is 1.47 bits per heavy atom. The van der Waals surface area contributed by atoms with Crippen LogP contribution in [0, 0.1) is 5.92 Å². The van der Waals surface area contributed by atoms with E-state index in [0.717, 1.165) is 36.8 Å². The number of hydrogen-bond donors (Lipinski definition) is 2. The Morgan fingerprint density at radius 3 is 3.06 bits per heavy atom. The fourth-order valence-electron chi connectivity index (χ4n) is 2.67. The van der Waals surface area contributed by atoms with Crippen LogP contribution in [0.4, 0.5) is 5.69 Å². The van der Waals surface area contributed by atoms with Gasteiger partial charge in [0.05, 0.1) is 0 Å². The van der Waals surface area contributed by atoms with Crippen LogP contribution in [0.1, 0.15) is 31.7 Å². The molecule has 0 amide bonds. The number of rotatable bonds is 4. The number of nitrogen functional groups attached to an aromatic ring is 1. The number of phenols is 1. The maximum absolute atomic E-state index is 9.78. The Hall–Kier alpha value is -1.22. The first-order valence-corrected chi connectivity index (χ1v) is 6.48. The minimum atomic E-state index is 0.359. The third-order valence-corrected chi connectivity index (χ3v) is 3.56. The summed E-state index contributed by atoms with van der Waals surface area (Å²) >= 11 is 0. The van der Waals surface area contributed by atoms with Crippen LogP contribution in [0.15, 0.2) is 18.2 Å². The lowest BCUT2D eigenvalue weighted by molar-refractivity contribution is 0.307. The Morgan fingerprint density at radius 2 is 2.29 bits per heavy atom. The summed E-state index contributed by atoms with van der Waals surface area (Å²) in [7, 11) is 0. The minimum Gasteiger partial charge on any atom is -0.508 e. The number of anilines is 1. The number of phenolic OH excluding ortho intramolecular Hbond substituents is 1. The van der Waals surface area contributed by atoms with Crippen LogP contribution in [0.5, 0.6) is 5.75 Å². The molecule has 1 saturated heterocycles. The van der Waals surface area contributed by atoms with Gasteiger partial charge >= 0.3 is 0 Å². The van der Waals surface area contributed by atoms with E-state index in [-0.39, 0.29) is 0 Å². The molecule has 3 nitrogen and oxygen atoms in total. The summed E-state index contributed by atoms with van der Waals surface area (Å²) in [5, 5.41) is 9.78. The standard InChI is InChI=1S/C14H22N2O/c1-2-3-11-6-7-16(9-11)10-12-8-13(15)4-5-14(12)17/h4-5,8,11,17H,2-3,6-7,9-10,15H2,1H3. The Kier molecular flexibility index (Phi) is 3.89. The molecule has 1 aliphatic heterocycles. The summed E-state index contributed by atoms with van der Waals surface area (Å²) in [6.07, 6.45) is 3.87. The second-order valence-corrected chi connectivity index (χ2v) is 5.07. The van der Waals surface area contributed by atoms with Gasteiger partial charge in [0.25, 0.3) is 0 Å². The lowest BCUT2D eigenvalue weighted by atomic mass is 10.0. The summed E-state index contributed by atoms with van der Waals surface area (Å²) < 4.78 is 0. The quantitative estimate of drug-likeness (QED) is 0.622. The third-order valence-electron chi connectivity index (χ3n) is 3.56. The summed E-state index contributed by atoms with van der Waals surface area (Å²) in [5.41, 5.74) is 7.42. The number of benzene rings is 1. The summed E-state index contributed by atoms with van der Waals surface area (Å²) in [4.78, 5) is 2.41. The molecule has 1 fully saturated rings. The molecule has 1 unspecified atom stereocenters. The van der Waals surface area contributed by atoms with E-state index in [1.807, 2.05) is 6.07 Å². The van der Waals surface area contributed by atoms with Gasteiger partial charge in [-0.05, 0) is 43.5 Å². The van der Waals surface area contributed by atoms with Gasteiger partial charge in [-0.25, -0.2) is 0 Å². The number of nitrogens with two attached hydrogens (primary N) is 1. The van der Waals surface area contributed by atoms with Gasteiger partial charge in [0.2, 0.25) is 0 Å². The van der Waals surface area contributed by atoms with Crippen molar-refractivity contribution in [2.24, 2.45) is 5.92 Å². The average Bonchev–Trinajstić information content (AvgIpc) is 2.72. The Labute approximate surface area is 103 Å². The van der Waals surface area contributed by atoms with Crippen molar-refractivity contribution in [3.05, 3.63) is 23.8 Å². The van der Waals surface area contributed by atoms with E-state index < -0.39 is 0 Å². The van der Waals surface area contributed by atoms with Gasteiger partial charge in [0.1, 0.15) is 5.75 Å². The lowest BCUT2D eigenvalue weighted by Crippen LogP contribution is -2.20. The number of nitrogens with zero attached hydrogens (tertiary/aromatic N) is 1. The monoisotopic (exact) mass is 234 g/mol. The molecule has 2 rings (SSSR count). The first kappa shape index (κ1) is 12.2. The Balaban J connectivity index is 1.95. The van der Waals surface area contributed by atoms with Gasteiger partial charge < -0.3 is 10.8 Å². The van der Waals surface area contributed by atoms with Gasteiger partial charge in [-0.15, -0.1) is 0 Å². The van der Waals surface area contributed by atoms with Crippen LogP contribution in [-0.4, -0.2) is 23.1 Å². The van der Waals surface area contributed by atoms with Gasteiger partial charge in [-0.1, -0.05) is 13.3 Å². The lowest BCUT2D eigenvalue weighted by Gasteiger charge is -2.17. The molecule has 0 saturated carbocycles. The second-order valence-electron chi connectivity index (χ2n) is 5.07. The van der Waals surface area contributed by atoms with Crippen LogP contribution in [0.25, 0.3) is 0 Å².